The Morgan fingerprint density at radius 1 is 0.517 bits per heavy atom. The van der Waals surface area contributed by atoms with Crippen LogP contribution in [0.25, 0.3) is 0 Å². The van der Waals surface area contributed by atoms with Crippen LogP contribution in [0.5, 0.6) is 0 Å². The average Bonchev–Trinajstić information content (AvgIpc) is 3.20. The van der Waals surface area contributed by atoms with Gasteiger partial charge in [0.15, 0.2) is 6.10 Å². The van der Waals surface area contributed by atoms with Crippen molar-refractivity contribution in [3.8, 4) is 0 Å². The van der Waals surface area contributed by atoms with Crippen molar-refractivity contribution in [1.29, 1.82) is 0 Å². The lowest BCUT2D eigenvalue weighted by Gasteiger charge is -2.24. The van der Waals surface area contributed by atoms with E-state index in [0.717, 1.165) is 64.2 Å². The molecule has 348 valence electrons. The van der Waals surface area contributed by atoms with Crippen molar-refractivity contribution in [2.45, 2.75) is 200 Å². The first kappa shape index (κ1) is 57.7. The summed E-state index contributed by atoms with van der Waals surface area (Å²) in [6, 6.07) is 0. The second-order valence-electron chi connectivity index (χ2n) is 17.1. The molecular weight excluding hydrogens is 774 g/mol. The van der Waals surface area contributed by atoms with E-state index in [2.05, 4.69) is 74.6 Å². The topological polar surface area (TPSA) is 108 Å². The van der Waals surface area contributed by atoms with Crippen LogP contribution in [-0.4, -0.2) is 74.9 Å². The molecule has 0 heterocycles. The lowest BCUT2D eigenvalue weighted by atomic mass is 10.1. The van der Waals surface area contributed by atoms with E-state index in [1.165, 1.54) is 96.3 Å². The van der Waals surface area contributed by atoms with Crippen molar-refractivity contribution in [2.75, 3.05) is 47.5 Å². The molecule has 0 fully saturated rings. The predicted molar refractivity (Wildman–Crippen MR) is 252 cm³/mol. The Labute approximate surface area is 368 Å². The summed E-state index contributed by atoms with van der Waals surface area (Å²) in [6.45, 7) is 4.31. The van der Waals surface area contributed by atoms with E-state index in [0.29, 0.717) is 17.4 Å². The second-order valence-corrected chi connectivity index (χ2v) is 18.6. The maximum atomic E-state index is 12.7. The third kappa shape index (κ3) is 45.2. The van der Waals surface area contributed by atoms with Crippen molar-refractivity contribution in [3.05, 3.63) is 60.8 Å². The van der Waals surface area contributed by atoms with Crippen LogP contribution < -0.4 is 0 Å². The molecule has 9 nitrogen and oxygen atoms in total. The number of unbranched alkanes of at least 4 members (excludes halogenated alkanes) is 19. The molecule has 0 saturated carbocycles. The number of allylic oxidation sites excluding steroid dienone is 10. The fourth-order valence-electron chi connectivity index (χ4n) is 6.23. The maximum absolute atomic E-state index is 12.7. The molecule has 0 rings (SSSR count). The largest absolute Gasteiger partial charge is 0.472 e. The van der Waals surface area contributed by atoms with Gasteiger partial charge in [0, 0.05) is 12.8 Å². The number of phosphoric acid groups is 1. The van der Waals surface area contributed by atoms with Crippen molar-refractivity contribution >= 4 is 19.8 Å². The third-order valence-corrected chi connectivity index (χ3v) is 11.0. The fourth-order valence-corrected chi connectivity index (χ4v) is 6.98. The smallest absolute Gasteiger partial charge is 0.462 e. The SMILES string of the molecule is CCC/C=C/C/C=C/C/C=C/C/C=C/CCCCCC(=O)O[C@H](COC(=O)CCCCCCCCCCC/C=C/CCCCCCCC)COP(=O)(O)OCC[N+](C)(C)C. The number of carbonyl (C=O) groups excluding carboxylic acids is 2. The van der Waals surface area contributed by atoms with Crippen LogP contribution >= 0.6 is 7.82 Å². The molecule has 0 radical (unpaired) electrons. The Hall–Kier alpha value is -2.29. The van der Waals surface area contributed by atoms with E-state index in [4.69, 9.17) is 18.5 Å². The molecule has 60 heavy (non-hydrogen) atoms. The summed E-state index contributed by atoms with van der Waals surface area (Å²) in [6.07, 6.45) is 51.2. The van der Waals surface area contributed by atoms with E-state index in [1.54, 1.807) is 0 Å². The first-order valence-corrected chi connectivity index (χ1v) is 25.5. The third-order valence-electron chi connectivity index (χ3n) is 10.0. The molecule has 0 bridgehead atoms. The molecule has 0 aliphatic heterocycles. The van der Waals surface area contributed by atoms with Crippen LogP contribution in [0, 0.1) is 0 Å². The van der Waals surface area contributed by atoms with Crippen LogP contribution in [-0.2, 0) is 32.7 Å². The Morgan fingerprint density at radius 2 is 0.933 bits per heavy atom. The van der Waals surface area contributed by atoms with Gasteiger partial charge in [0.2, 0.25) is 0 Å². The van der Waals surface area contributed by atoms with Gasteiger partial charge in [-0.1, -0.05) is 164 Å². The van der Waals surface area contributed by atoms with Gasteiger partial charge in [-0.2, -0.15) is 0 Å². The number of nitrogens with zero attached hydrogens (tertiary/aromatic N) is 1. The molecular formula is C50H91NO8P+. The van der Waals surface area contributed by atoms with Gasteiger partial charge in [-0.15, -0.1) is 0 Å². The number of carbonyl (C=O) groups is 2. The lowest BCUT2D eigenvalue weighted by Crippen LogP contribution is -2.37. The summed E-state index contributed by atoms with van der Waals surface area (Å²) < 4.78 is 34.3. The molecule has 0 amide bonds. The van der Waals surface area contributed by atoms with Crippen LogP contribution in [0.1, 0.15) is 194 Å². The Morgan fingerprint density at radius 3 is 1.43 bits per heavy atom. The Kier molecular flexibility index (Phi) is 40.4. The number of hydrogen-bond donors (Lipinski definition) is 1. The van der Waals surface area contributed by atoms with Gasteiger partial charge in [0.1, 0.15) is 19.8 Å². The number of ether oxygens (including phenoxy) is 2. The number of hydrogen-bond acceptors (Lipinski definition) is 7. The normalized spacial score (nSPS) is 14.0. The first-order valence-electron chi connectivity index (χ1n) is 24.0. The molecule has 2 atom stereocenters. The van der Waals surface area contributed by atoms with Crippen LogP contribution in [0.4, 0.5) is 0 Å². The van der Waals surface area contributed by atoms with Crippen LogP contribution in [0.3, 0.4) is 0 Å². The zero-order valence-corrected chi connectivity index (χ0v) is 40.1. The number of rotatable bonds is 43. The average molecular weight is 865 g/mol. The number of likely N-dealkylation sites (N-methyl/N-ethyl adjacent to an activating group) is 1. The van der Waals surface area contributed by atoms with Crippen molar-refractivity contribution in [2.24, 2.45) is 0 Å². The minimum absolute atomic E-state index is 0.0228. The van der Waals surface area contributed by atoms with Crippen molar-refractivity contribution < 1.29 is 42.1 Å². The quantitative estimate of drug-likeness (QED) is 0.0212. The first-order chi connectivity index (χ1) is 29.0. The Bertz CT molecular complexity index is 1210. The van der Waals surface area contributed by atoms with E-state index in [-0.39, 0.29) is 32.0 Å². The molecule has 0 aromatic carbocycles. The highest BCUT2D eigenvalue weighted by molar-refractivity contribution is 7.47. The number of quaternary nitrogens is 1. The van der Waals surface area contributed by atoms with Crippen molar-refractivity contribution in [3.63, 3.8) is 0 Å². The monoisotopic (exact) mass is 865 g/mol. The highest BCUT2D eigenvalue weighted by Crippen LogP contribution is 2.43. The van der Waals surface area contributed by atoms with Crippen LogP contribution in [0.2, 0.25) is 0 Å². The van der Waals surface area contributed by atoms with Gasteiger partial charge in [-0.25, -0.2) is 4.57 Å². The van der Waals surface area contributed by atoms with Crippen LogP contribution in [0.15, 0.2) is 60.8 Å². The standard InChI is InChI=1S/C50H90NO8P/c1-6-8-10-12-14-16-18-20-22-24-25-27-28-30-32-34-36-38-40-42-49(52)56-46-48(47-58-60(54,55)57-45-44-51(3,4)5)59-50(53)43-41-39-37-35-33-31-29-26-23-21-19-17-15-13-11-9-7-2/h11,13,17,19-20,22-23,26,31,33,48H,6-10,12,14-16,18,21,24-25,27-30,32,34-47H2,1-5H3/p+1/b13-11+,19-17+,22-20+,26-23+,33-31+/t48-/m1/s1. The summed E-state index contributed by atoms with van der Waals surface area (Å²) >= 11 is 0. The van der Waals surface area contributed by atoms with E-state index < -0.39 is 26.5 Å². The summed E-state index contributed by atoms with van der Waals surface area (Å²) in [5, 5.41) is 0. The minimum Gasteiger partial charge on any atom is -0.462 e. The molecule has 0 spiro atoms. The zero-order chi connectivity index (χ0) is 44.3. The minimum atomic E-state index is -4.39. The van der Waals surface area contributed by atoms with E-state index >= 15 is 0 Å². The van der Waals surface area contributed by atoms with Crippen molar-refractivity contribution in [1.82, 2.24) is 0 Å². The summed E-state index contributed by atoms with van der Waals surface area (Å²) in [5.41, 5.74) is 0. The molecule has 0 aromatic heterocycles. The Balaban J connectivity index is 4.35. The fraction of sp³-hybridized carbons (Fsp3) is 0.760. The van der Waals surface area contributed by atoms with Gasteiger partial charge < -0.3 is 18.9 Å². The molecule has 1 unspecified atom stereocenters. The summed E-state index contributed by atoms with van der Waals surface area (Å²) in [7, 11) is 1.45. The molecule has 0 saturated heterocycles. The molecule has 10 heteroatoms. The van der Waals surface area contributed by atoms with Gasteiger partial charge in [0.25, 0.3) is 0 Å². The number of esters is 2. The molecule has 0 aliphatic rings. The second kappa shape index (κ2) is 42.0. The van der Waals surface area contributed by atoms with Gasteiger partial charge >= 0.3 is 19.8 Å². The lowest BCUT2D eigenvalue weighted by molar-refractivity contribution is -0.870. The van der Waals surface area contributed by atoms with Gasteiger partial charge in [-0.3, -0.25) is 18.6 Å². The molecule has 0 aliphatic carbocycles. The van der Waals surface area contributed by atoms with Gasteiger partial charge in [0.05, 0.1) is 27.7 Å². The zero-order valence-electron chi connectivity index (χ0n) is 39.2. The molecule has 0 aromatic rings. The van der Waals surface area contributed by atoms with E-state index in [9.17, 15) is 19.0 Å². The molecule has 1 N–H and O–H groups in total. The predicted octanol–water partition coefficient (Wildman–Crippen LogP) is 14.0. The maximum Gasteiger partial charge on any atom is 0.472 e. The number of phosphoric ester groups is 1. The summed E-state index contributed by atoms with van der Waals surface area (Å²) in [4.78, 5) is 35.5. The highest BCUT2D eigenvalue weighted by atomic mass is 31.2. The highest BCUT2D eigenvalue weighted by Gasteiger charge is 2.27. The summed E-state index contributed by atoms with van der Waals surface area (Å²) in [5.74, 6) is -0.838. The van der Waals surface area contributed by atoms with E-state index in [1.807, 2.05) is 21.1 Å². The van der Waals surface area contributed by atoms with Gasteiger partial charge in [-0.05, 0) is 77.0 Å².